The SMILES string of the molecule is COCCCSCC(=O)Nc1cc(N)ccc1F. The van der Waals surface area contributed by atoms with E-state index in [1.807, 2.05) is 0 Å². The van der Waals surface area contributed by atoms with Crippen molar-refractivity contribution < 1.29 is 13.9 Å². The van der Waals surface area contributed by atoms with Crippen LogP contribution in [0.2, 0.25) is 0 Å². The lowest BCUT2D eigenvalue weighted by Gasteiger charge is -2.07. The third-order valence-electron chi connectivity index (χ3n) is 2.13. The van der Waals surface area contributed by atoms with E-state index in [1.165, 1.54) is 30.0 Å². The van der Waals surface area contributed by atoms with Gasteiger partial charge in [-0.15, -0.1) is 0 Å². The molecule has 0 fully saturated rings. The molecule has 0 aliphatic heterocycles. The van der Waals surface area contributed by atoms with Crippen LogP contribution in [0.1, 0.15) is 6.42 Å². The summed E-state index contributed by atoms with van der Waals surface area (Å²) in [5.41, 5.74) is 6.06. The standard InChI is InChI=1S/C12H17FN2O2S/c1-17-5-2-6-18-8-12(16)15-11-7-9(14)3-4-10(11)13/h3-4,7H,2,5-6,8,14H2,1H3,(H,15,16). The summed E-state index contributed by atoms with van der Waals surface area (Å²) in [6.07, 6.45) is 0.890. The van der Waals surface area contributed by atoms with E-state index in [1.54, 1.807) is 7.11 Å². The Hall–Kier alpha value is -1.27. The highest BCUT2D eigenvalue weighted by Gasteiger charge is 2.07. The molecule has 6 heteroatoms. The molecule has 0 saturated carbocycles. The number of halogens is 1. The van der Waals surface area contributed by atoms with Gasteiger partial charge in [0.2, 0.25) is 5.91 Å². The summed E-state index contributed by atoms with van der Waals surface area (Å²) in [7, 11) is 1.64. The number of hydrogen-bond acceptors (Lipinski definition) is 4. The fraction of sp³-hybridized carbons (Fsp3) is 0.417. The number of hydrogen-bond donors (Lipinski definition) is 2. The summed E-state index contributed by atoms with van der Waals surface area (Å²) >= 11 is 1.48. The molecule has 0 bridgehead atoms. The smallest absolute Gasteiger partial charge is 0.234 e. The van der Waals surface area contributed by atoms with Crippen LogP contribution in [-0.2, 0) is 9.53 Å². The summed E-state index contributed by atoms with van der Waals surface area (Å²) in [6, 6.07) is 4.09. The molecule has 3 N–H and O–H groups in total. The van der Waals surface area contributed by atoms with Gasteiger partial charge in [-0.25, -0.2) is 4.39 Å². The van der Waals surface area contributed by atoms with Gasteiger partial charge in [0.1, 0.15) is 5.82 Å². The topological polar surface area (TPSA) is 64.3 Å². The summed E-state index contributed by atoms with van der Waals surface area (Å²) in [5, 5.41) is 2.50. The minimum atomic E-state index is -0.484. The highest BCUT2D eigenvalue weighted by molar-refractivity contribution is 7.99. The lowest BCUT2D eigenvalue weighted by atomic mass is 10.2. The molecule has 100 valence electrons. The highest BCUT2D eigenvalue weighted by atomic mass is 32.2. The fourth-order valence-corrected chi connectivity index (χ4v) is 2.02. The van der Waals surface area contributed by atoms with Crippen molar-refractivity contribution in [2.45, 2.75) is 6.42 Å². The second-order valence-electron chi connectivity index (χ2n) is 3.69. The predicted octanol–water partition coefficient (Wildman–Crippen LogP) is 2.12. The van der Waals surface area contributed by atoms with E-state index in [0.29, 0.717) is 12.3 Å². The minimum absolute atomic E-state index is 0.123. The van der Waals surface area contributed by atoms with Crippen LogP contribution < -0.4 is 11.1 Å². The van der Waals surface area contributed by atoms with Crippen LogP contribution in [0.3, 0.4) is 0 Å². The van der Waals surface area contributed by atoms with Gasteiger partial charge in [0.05, 0.1) is 11.4 Å². The molecule has 0 aromatic heterocycles. The van der Waals surface area contributed by atoms with E-state index < -0.39 is 5.82 Å². The van der Waals surface area contributed by atoms with Crippen LogP contribution in [0.15, 0.2) is 18.2 Å². The molecule has 0 heterocycles. The number of nitrogens with one attached hydrogen (secondary N) is 1. The van der Waals surface area contributed by atoms with Crippen LogP contribution >= 0.6 is 11.8 Å². The van der Waals surface area contributed by atoms with Crippen LogP contribution in [0.4, 0.5) is 15.8 Å². The van der Waals surface area contributed by atoms with Crippen LogP contribution in [0, 0.1) is 5.82 Å². The number of nitrogen functional groups attached to an aromatic ring is 1. The van der Waals surface area contributed by atoms with Crippen molar-refractivity contribution in [1.29, 1.82) is 0 Å². The lowest BCUT2D eigenvalue weighted by molar-refractivity contribution is -0.113. The first-order chi connectivity index (χ1) is 8.63. The van der Waals surface area contributed by atoms with Gasteiger partial charge in [-0.05, 0) is 30.4 Å². The van der Waals surface area contributed by atoms with E-state index in [2.05, 4.69) is 5.32 Å². The zero-order valence-corrected chi connectivity index (χ0v) is 11.1. The summed E-state index contributed by atoms with van der Waals surface area (Å²) in [4.78, 5) is 11.5. The van der Waals surface area contributed by atoms with Crippen molar-refractivity contribution in [3.05, 3.63) is 24.0 Å². The highest BCUT2D eigenvalue weighted by Crippen LogP contribution is 2.17. The first-order valence-corrected chi connectivity index (χ1v) is 6.70. The second kappa shape index (κ2) is 7.94. The van der Waals surface area contributed by atoms with Crippen LogP contribution in [0.25, 0.3) is 0 Å². The van der Waals surface area contributed by atoms with Gasteiger partial charge in [0.15, 0.2) is 0 Å². The number of ether oxygens (including phenoxy) is 1. The molecule has 1 aromatic rings. The van der Waals surface area contributed by atoms with Gasteiger partial charge < -0.3 is 15.8 Å². The normalized spacial score (nSPS) is 10.3. The molecular formula is C12H17FN2O2S. The zero-order valence-electron chi connectivity index (χ0n) is 10.2. The molecular weight excluding hydrogens is 255 g/mol. The Morgan fingerprint density at radius 1 is 1.56 bits per heavy atom. The van der Waals surface area contributed by atoms with Gasteiger partial charge in [0, 0.05) is 19.4 Å². The van der Waals surface area contributed by atoms with Crippen molar-refractivity contribution in [3.63, 3.8) is 0 Å². The maximum absolute atomic E-state index is 13.3. The number of carbonyl (C=O) groups is 1. The Bertz CT molecular complexity index is 402. The number of thioether (sulfide) groups is 1. The number of rotatable bonds is 7. The van der Waals surface area contributed by atoms with E-state index in [9.17, 15) is 9.18 Å². The van der Waals surface area contributed by atoms with Crippen LogP contribution in [-0.4, -0.2) is 31.1 Å². The molecule has 0 spiro atoms. The summed E-state index contributed by atoms with van der Waals surface area (Å²) < 4.78 is 18.2. The molecule has 0 saturated heterocycles. The fourth-order valence-electron chi connectivity index (χ4n) is 1.30. The van der Waals surface area contributed by atoms with Gasteiger partial charge >= 0.3 is 0 Å². The van der Waals surface area contributed by atoms with Gasteiger partial charge in [-0.1, -0.05) is 0 Å². The largest absolute Gasteiger partial charge is 0.399 e. The van der Waals surface area contributed by atoms with Gasteiger partial charge in [-0.2, -0.15) is 11.8 Å². The number of amides is 1. The van der Waals surface area contributed by atoms with Gasteiger partial charge in [0.25, 0.3) is 0 Å². The first kappa shape index (κ1) is 14.8. The molecule has 0 aliphatic rings. The van der Waals surface area contributed by atoms with Crippen molar-refractivity contribution in [2.24, 2.45) is 0 Å². The quantitative estimate of drug-likeness (QED) is 0.589. The molecule has 0 atom stereocenters. The molecule has 1 amide bonds. The average molecular weight is 272 g/mol. The Kier molecular flexibility index (Phi) is 6.53. The van der Waals surface area contributed by atoms with E-state index in [-0.39, 0.29) is 17.3 Å². The number of benzene rings is 1. The van der Waals surface area contributed by atoms with E-state index in [4.69, 9.17) is 10.5 Å². The summed E-state index contributed by atoms with van der Waals surface area (Å²) in [6.45, 7) is 0.679. The molecule has 1 rings (SSSR count). The van der Waals surface area contributed by atoms with Gasteiger partial charge in [-0.3, -0.25) is 4.79 Å². The number of anilines is 2. The Balaban J connectivity index is 2.33. The molecule has 0 unspecified atom stereocenters. The lowest BCUT2D eigenvalue weighted by Crippen LogP contribution is -2.15. The maximum Gasteiger partial charge on any atom is 0.234 e. The maximum atomic E-state index is 13.3. The number of nitrogens with two attached hydrogens (primary N) is 1. The molecule has 0 aliphatic carbocycles. The molecule has 0 radical (unpaired) electrons. The van der Waals surface area contributed by atoms with Crippen molar-refractivity contribution in [3.8, 4) is 0 Å². The minimum Gasteiger partial charge on any atom is -0.399 e. The number of methoxy groups -OCH3 is 1. The monoisotopic (exact) mass is 272 g/mol. The van der Waals surface area contributed by atoms with Crippen molar-refractivity contribution >= 4 is 29.0 Å². The molecule has 4 nitrogen and oxygen atoms in total. The first-order valence-electron chi connectivity index (χ1n) is 5.55. The Morgan fingerprint density at radius 3 is 3.06 bits per heavy atom. The zero-order chi connectivity index (χ0) is 13.4. The van der Waals surface area contributed by atoms with Crippen molar-refractivity contribution in [1.82, 2.24) is 0 Å². The third kappa shape index (κ3) is 5.37. The van der Waals surface area contributed by atoms with E-state index >= 15 is 0 Å². The molecule has 18 heavy (non-hydrogen) atoms. The predicted molar refractivity (Wildman–Crippen MR) is 73.3 cm³/mol. The third-order valence-corrected chi connectivity index (χ3v) is 3.18. The van der Waals surface area contributed by atoms with Crippen molar-refractivity contribution in [2.75, 3.05) is 36.3 Å². The second-order valence-corrected chi connectivity index (χ2v) is 4.79. The number of carbonyl (C=O) groups excluding carboxylic acids is 1. The Morgan fingerprint density at radius 2 is 2.33 bits per heavy atom. The Labute approximate surface area is 110 Å². The molecule has 1 aromatic carbocycles. The average Bonchev–Trinajstić information content (AvgIpc) is 2.33. The van der Waals surface area contributed by atoms with Crippen LogP contribution in [0.5, 0.6) is 0 Å². The van der Waals surface area contributed by atoms with E-state index in [0.717, 1.165) is 12.2 Å². The summed E-state index contributed by atoms with van der Waals surface area (Å²) in [5.74, 6) is 0.405.